The predicted octanol–water partition coefficient (Wildman–Crippen LogP) is 2.67. The molecule has 1 aromatic carbocycles. The van der Waals surface area contributed by atoms with Crippen LogP contribution >= 0.6 is 10.7 Å². The summed E-state index contributed by atoms with van der Waals surface area (Å²) in [5.74, 6) is -0.742. The summed E-state index contributed by atoms with van der Waals surface area (Å²) in [6.45, 7) is 2.10. The SMILES string of the molecule is CC1CCC(NC(=O)c2cc(F)cc(S(=O)(=O)Cl)c2)C1. The van der Waals surface area contributed by atoms with E-state index in [0.717, 1.165) is 37.5 Å². The Morgan fingerprint density at radius 2 is 2.05 bits per heavy atom. The number of carbonyl (C=O) groups is 1. The zero-order valence-corrected chi connectivity index (χ0v) is 12.5. The monoisotopic (exact) mass is 319 g/mol. The van der Waals surface area contributed by atoms with E-state index in [2.05, 4.69) is 12.2 Å². The first-order valence-corrected chi connectivity index (χ1v) is 8.63. The van der Waals surface area contributed by atoms with Crippen LogP contribution in [0, 0.1) is 11.7 Å². The Balaban J connectivity index is 2.20. The minimum absolute atomic E-state index is 0.0382. The summed E-state index contributed by atoms with van der Waals surface area (Å²) in [5, 5.41) is 2.79. The molecule has 2 rings (SSSR count). The van der Waals surface area contributed by atoms with Crippen LogP contribution in [-0.4, -0.2) is 20.4 Å². The molecule has 110 valence electrons. The van der Waals surface area contributed by atoms with E-state index in [1.54, 1.807) is 0 Å². The second-order valence-corrected chi connectivity index (χ2v) is 7.77. The molecule has 4 nitrogen and oxygen atoms in total. The Morgan fingerprint density at radius 1 is 1.35 bits per heavy atom. The van der Waals surface area contributed by atoms with Gasteiger partial charge in [0.25, 0.3) is 15.0 Å². The quantitative estimate of drug-likeness (QED) is 0.871. The number of hydrogen-bond acceptors (Lipinski definition) is 3. The number of rotatable bonds is 3. The molecule has 0 radical (unpaired) electrons. The summed E-state index contributed by atoms with van der Waals surface area (Å²) in [6.07, 6.45) is 2.79. The third kappa shape index (κ3) is 3.70. The van der Waals surface area contributed by atoms with Gasteiger partial charge in [-0.3, -0.25) is 4.79 Å². The van der Waals surface area contributed by atoms with Crippen LogP contribution in [-0.2, 0) is 9.05 Å². The van der Waals surface area contributed by atoms with Crippen molar-refractivity contribution in [1.29, 1.82) is 0 Å². The molecule has 1 N–H and O–H groups in total. The molecule has 1 amide bonds. The fraction of sp³-hybridized carbons (Fsp3) is 0.462. The molecule has 2 unspecified atom stereocenters. The average Bonchev–Trinajstić information content (AvgIpc) is 2.72. The van der Waals surface area contributed by atoms with Gasteiger partial charge in [-0.25, -0.2) is 12.8 Å². The van der Waals surface area contributed by atoms with Gasteiger partial charge in [0.1, 0.15) is 5.82 Å². The standard InChI is InChI=1S/C13H15ClFNO3S/c1-8-2-3-11(4-8)16-13(17)9-5-10(15)7-12(6-9)20(14,18)19/h5-8,11H,2-4H2,1H3,(H,16,17). The number of nitrogens with one attached hydrogen (secondary N) is 1. The lowest BCUT2D eigenvalue weighted by molar-refractivity contribution is 0.0936. The van der Waals surface area contributed by atoms with Crippen molar-refractivity contribution in [2.75, 3.05) is 0 Å². The molecular formula is C13H15ClFNO3S. The smallest absolute Gasteiger partial charge is 0.261 e. The Labute approximate surface area is 121 Å². The zero-order valence-electron chi connectivity index (χ0n) is 10.9. The summed E-state index contributed by atoms with van der Waals surface area (Å²) in [4.78, 5) is 11.6. The van der Waals surface area contributed by atoms with Crippen LogP contribution in [0.3, 0.4) is 0 Å². The molecule has 20 heavy (non-hydrogen) atoms. The van der Waals surface area contributed by atoms with Gasteiger partial charge in [0.15, 0.2) is 0 Å². The van der Waals surface area contributed by atoms with E-state index in [0.29, 0.717) is 5.92 Å². The van der Waals surface area contributed by atoms with Crippen molar-refractivity contribution in [3.8, 4) is 0 Å². The van der Waals surface area contributed by atoms with E-state index in [1.165, 1.54) is 0 Å². The predicted molar refractivity (Wildman–Crippen MR) is 73.7 cm³/mol. The number of benzene rings is 1. The van der Waals surface area contributed by atoms with Gasteiger partial charge in [-0.1, -0.05) is 6.92 Å². The van der Waals surface area contributed by atoms with E-state index < -0.39 is 25.7 Å². The van der Waals surface area contributed by atoms with E-state index >= 15 is 0 Å². The molecular weight excluding hydrogens is 305 g/mol. The van der Waals surface area contributed by atoms with Gasteiger partial charge < -0.3 is 5.32 Å². The van der Waals surface area contributed by atoms with Gasteiger partial charge in [0.2, 0.25) is 0 Å². The van der Waals surface area contributed by atoms with Gasteiger partial charge in [-0.05, 0) is 43.4 Å². The van der Waals surface area contributed by atoms with Gasteiger partial charge in [0, 0.05) is 22.3 Å². The Hall–Kier alpha value is -1.14. The molecule has 0 saturated heterocycles. The van der Waals surface area contributed by atoms with Crippen molar-refractivity contribution in [2.24, 2.45) is 5.92 Å². The second-order valence-electron chi connectivity index (χ2n) is 5.20. The lowest BCUT2D eigenvalue weighted by Gasteiger charge is -2.13. The number of amides is 1. The maximum atomic E-state index is 13.4. The molecule has 0 aliphatic heterocycles. The molecule has 0 aromatic heterocycles. The van der Waals surface area contributed by atoms with Crippen molar-refractivity contribution in [1.82, 2.24) is 5.32 Å². The third-order valence-electron chi connectivity index (χ3n) is 3.45. The molecule has 1 saturated carbocycles. The van der Waals surface area contributed by atoms with Crippen LogP contribution in [0.5, 0.6) is 0 Å². The molecule has 1 aliphatic carbocycles. The Morgan fingerprint density at radius 3 is 2.60 bits per heavy atom. The van der Waals surface area contributed by atoms with Crippen molar-refractivity contribution in [3.63, 3.8) is 0 Å². The molecule has 0 bridgehead atoms. The van der Waals surface area contributed by atoms with Gasteiger partial charge >= 0.3 is 0 Å². The molecule has 0 spiro atoms. The largest absolute Gasteiger partial charge is 0.349 e. The van der Waals surface area contributed by atoms with E-state index in [1.807, 2.05) is 0 Å². The van der Waals surface area contributed by atoms with Crippen LogP contribution in [0.1, 0.15) is 36.5 Å². The Bertz CT molecular complexity index is 633. The van der Waals surface area contributed by atoms with Crippen molar-refractivity contribution in [3.05, 3.63) is 29.6 Å². The number of hydrogen-bond donors (Lipinski definition) is 1. The summed E-state index contributed by atoms with van der Waals surface area (Å²) < 4.78 is 35.8. The van der Waals surface area contributed by atoms with Crippen molar-refractivity contribution >= 4 is 25.6 Å². The van der Waals surface area contributed by atoms with Crippen molar-refractivity contribution in [2.45, 2.75) is 37.1 Å². The maximum Gasteiger partial charge on any atom is 0.261 e. The lowest BCUT2D eigenvalue weighted by Crippen LogP contribution is -2.33. The molecule has 1 fully saturated rings. The zero-order chi connectivity index (χ0) is 14.9. The van der Waals surface area contributed by atoms with E-state index in [9.17, 15) is 17.6 Å². The number of carbonyl (C=O) groups excluding carboxylic acids is 1. The van der Waals surface area contributed by atoms with Crippen molar-refractivity contribution < 1.29 is 17.6 Å². The maximum absolute atomic E-state index is 13.4. The lowest BCUT2D eigenvalue weighted by atomic mass is 10.1. The molecule has 2 atom stereocenters. The topological polar surface area (TPSA) is 63.2 Å². The fourth-order valence-corrected chi connectivity index (χ4v) is 3.23. The number of halogens is 2. The second kappa shape index (κ2) is 5.69. The van der Waals surface area contributed by atoms with Gasteiger partial charge in [0.05, 0.1) is 4.90 Å². The third-order valence-corrected chi connectivity index (χ3v) is 4.78. The molecule has 1 aliphatic rings. The first-order valence-electron chi connectivity index (χ1n) is 6.32. The van der Waals surface area contributed by atoms with Gasteiger partial charge in [-0.15, -0.1) is 0 Å². The first-order chi connectivity index (χ1) is 9.25. The van der Waals surface area contributed by atoms with Crippen LogP contribution in [0.25, 0.3) is 0 Å². The van der Waals surface area contributed by atoms with Crippen LogP contribution in [0.2, 0.25) is 0 Å². The summed E-state index contributed by atoms with van der Waals surface area (Å²) in [6, 6.07) is 2.92. The minimum atomic E-state index is -4.07. The highest BCUT2D eigenvalue weighted by Gasteiger charge is 2.24. The molecule has 1 aromatic rings. The van der Waals surface area contributed by atoms with E-state index in [-0.39, 0.29) is 11.6 Å². The highest BCUT2D eigenvalue weighted by molar-refractivity contribution is 8.13. The molecule has 7 heteroatoms. The van der Waals surface area contributed by atoms with Crippen LogP contribution < -0.4 is 5.32 Å². The highest BCUT2D eigenvalue weighted by atomic mass is 35.7. The Kier molecular flexibility index (Phi) is 4.34. The minimum Gasteiger partial charge on any atom is -0.349 e. The molecule has 0 heterocycles. The summed E-state index contributed by atoms with van der Waals surface area (Å²) in [7, 11) is 1.11. The first kappa shape index (κ1) is 15.3. The summed E-state index contributed by atoms with van der Waals surface area (Å²) >= 11 is 0. The van der Waals surface area contributed by atoms with Crippen LogP contribution in [0.4, 0.5) is 4.39 Å². The van der Waals surface area contributed by atoms with E-state index in [4.69, 9.17) is 10.7 Å². The highest BCUT2D eigenvalue weighted by Crippen LogP contribution is 2.25. The van der Waals surface area contributed by atoms with Gasteiger partial charge in [-0.2, -0.15) is 0 Å². The average molecular weight is 320 g/mol. The van der Waals surface area contributed by atoms with Crippen LogP contribution in [0.15, 0.2) is 23.1 Å². The summed E-state index contributed by atoms with van der Waals surface area (Å²) in [5.41, 5.74) is -0.0382. The normalized spacial score (nSPS) is 22.8. The fourth-order valence-electron chi connectivity index (χ4n) is 2.44.